The van der Waals surface area contributed by atoms with E-state index in [1.165, 1.54) is 238 Å². The normalized spacial score (nSPS) is 27.3. The summed E-state index contributed by atoms with van der Waals surface area (Å²) in [6, 6.07) is -0.886. The zero-order chi connectivity index (χ0) is 68.9. The molecule has 3 heterocycles. The van der Waals surface area contributed by atoms with Gasteiger partial charge in [0.25, 0.3) is 0 Å². The van der Waals surface area contributed by atoms with Gasteiger partial charge in [0.2, 0.25) is 5.91 Å². The number of aliphatic hydroxyl groups excluding tert-OH is 11. The number of allylic oxidation sites excluding steroid dienone is 4. The Kier molecular flexibility index (Phi) is 53.3. The summed E-state index contributed by atoms with van der Waals surface area (Å²) in [6.07, 6.45) is 41.1. The topological polar surface area (TPSA) is 307 Å². The lowest BCUT2D eigenvalue weighted by atomic mass is 9.96. The number of unbranched alkanes of at least 4 members (excludes halogenated alkanes) is 42. The van der Waals surface area contributed by atoms with Crippen molar-refractivity contribution in [3.63, 3.8) is 0 Å². The number of ether oxygens (including phenoxy) is 6. The number of hydrogen-bond donors (Lipinski definition) is 12. The van der Waals surface area contributed by atoms with E-state index in [-0.39, 0.29) is 18.9 Å². The van der Waals surface area contributed by atoms with Crippen molar-refractivity contribution in [1.29, 1.82) is 0 Å². The Labute approximate surface area is 575 Å². The standard InChI is InChI=1S/C76H143NO18/c1-3-5-7-9-11-13-15-17-19-21-23-25-26-27-28-29-30-31-32-34-36-38-40-42-44-46-48-50-52-54-64(82)77-59(60(81)53-51-49-47-45-43-41-39-37-35-33-24-22-20-18-16-14-12-10-8-6-4-2)58-90-74-70(88)67(85)72(62(56-79)92-74)95-76-71(89)68(86)73(63(57-80)93-76)94-75-69(87)66(84)65(83)61(55-78)91-75/h15,17,21,23,59-63,65-76,78-81,83-89H,3-14,16,18-20,22,24-58H2,1-2H3,(H,77,82)/b17-15-,23-21-. The SMILES string of the molecule is CCCCCCC/C=C\C/C=C\CCCCCCCCCCCCCCCCCCCC(=O)NC(COC1OC(CO)C(OC2OC(CO)C(OC3OC(CO)C(O)C(O)C3O)C(O)C2O)C(O)C1O)C(O)CCCCCCCCCCCCCCCCCCCCCCC. The van der Waals surface area contributed by atoms with Crippen LogP contribution in [0.25, 0.3) is 0 Å². The maximum absolute atomic E-state index is 13.5. The first-order valence-corrected chi connectivity index (χ1v) is 39.1. The first kappa shape index (κ1) is 87.5. The van der Waals surface area contributed by atoms with E-state index >= 15 is 0 Å². The van der Waals surface area contributed by atoms with Crippen molar-refractivity contribution in [3.05, 3.63) is 24.3 Å². The minimum absolute atomic E-state index is 0.237. The number of carbonyl (C=O) groups excluding carboxylic acids is 1. The van der Waals surface area contributed by atoms with E-state index in [9.17, 15) is 61.0 Å². The lowest BCUT2D eigenvalue weighted by Crippen LogP contribution is -2.66. The van der Waals surface area contributed by atoms with Crippen LogP contribution in [0.1, 0.15) is 322 Å². The second-order valence-electron chi connectivity index (χ2n) is 28.2. The minimum Gasteiger partial charge on any atom is -0.394 e. The second kappa shape index (κ2) is 57.8. The Morgan fingerprint density at radius 2 is 0.695 bits per heavy atom. The molecule has 19 heteroatoms. The molecule has 3 aliphatic heterocycles. The van der Waals surface area contributed by atoms with Crippen molar-refractivity contribution in [2.24, 2.45) is 0 Å². The average molecular weight is 1360 g/mol. The third kappa shape index (κ3) is 38.8. The van der Waals surface area contributed by atoms with Crippen LogP contribution in [0.2, 0.25) is 0 Å². The highest BCUT2D eigenvalue weighted by Crippen LogP contribution is 2.33. The smallest absolute Gasteiger partial charge is 0.220 e. The van der Waals surface area contributed by atoms with Crippen molar-refractivity contribution >= 4 is 5.91 Å². The lowest BCUT2D eigenvalue weighted by Gasteiger charge is -2.48. The van der Waals surface area contributed by atoms with Gasteiger partial charge in [0.15, 0.2) is 18.9 Å². The van der Waals surface area contributed by atoms with Gasteiger partial charge in [-0.3, -0.25) is 4.79 Å². The molecule has 0 spiro atoms. The molecule has 1 amide bonds. The van der Waals surface area contributed by atoms with Crippen LogP contribution in [-0.2, 0) is 33.2 Å². The summed E-state index contributed by atoms with van der Waals surface area (Å²) in [5, 5.41) is 121. The summed E-state index contributed by atoms with van der Waals surface area (Å²) >= 11 is 0. The monoisotopic (exact) mass is 1360 g/mol. The molecule has 95 heavy (non-hydrogen) atoms. The fourth-order valence-corrected chi connectivity index (χ4v) is 13.5. The van der Waals surface area contributed by atoms with Gasteiger partial charge in [0, 0.05) is 6.42 Å². The molecule has 0 aliphatic carbocycles. The third-order valence-corrected chi connectivity index (χ3v) is 19.8. The van der Waals surface area contributed by atoms with Gasteiger partial charge in [-0.2, -0.15) is 0 Å². The fraction of sp³-hybridized carbons (Fsp3) is 0.934. The Balaban J connectivity index is 1.37. The second-order valence-corrected chi connectivity index (χ2v) is 28.2. The van der Waals surface area contributed by atoms with E-state index in [2.05, 4.69) is 43.5 Å². The Hall–Kier alpha value is -1.73. The molecule has 0 aromatic rings. The van der Waals surface area contributed by atoms with Gasteiger partial charge in [0.05, 0.1) is 38.6 Å². The largest absolute Gasteiger partial charge is 0.394 e. The molecule has 0 bridgehead atoms. The molecule has 17 unspecified atom stereocenters. The third-order valence-electron chi connectivity index (χ3n) is 19.8. The molecule has 12 N–H and O–H groups in total. The van der Waals surface area contributed by atoms with Gasteiger partial charge in [-0.05, 0) is 44.9 Å². The number of rotatable bonds is 62. The highest BCUT2D eigenvalue weighted by Gasteiger charge is 2.54. The first-order chi connectivity index (χ1) is 46.3. The molecule has 19 nitrogen and oxygen atoms in total. The van der Waals surface area contributed by atoms with E-state index in [4.69, 9.17) is 28.4 Å². The van der Waals surface area contributed by atoms with Crippen molar-refractivity contribution < 1.29 is 89.4 Å². The van der Waals surface area contributed by atoms with Crippen LogP contribution in [0.4, 0.5) is 0 Å². The van der Waals surface area contributed by atoms with Crippen LogP contribution >= 0.6 is 0 Å². The zero-order valence-corrected chi connectivity index (χ0v) is 59.7. The highest BCUT2D eigenvalue weighted by atomic mass is 16.8. The molecule has 0 aromatic carbocycles. The van der Waals surface area contributed by atoms with Gasteiger partial charge in [-0.1, -0.05) is 295 Å². The van der Waals surface area contributed by atoms with Gasteiger partial charge < -0.3 is 89.9 Å². The molecule has 0 saturated carbocycles. The molecule has 3 fully saturated rings. The van der Waals surface area contributed by atoms with Crippen molar-refractivity contribution in [1.82, 2.24) is 5.32 Å². The molecule has 17 atom stereocenters. The van der Waals surface area contributed by atoms with Gasteiger partial charge in [0.1, 0.15) is 73.2 Å². The molecular weight excluding hydrogens is 1210 g/mol. The molecule has 3 aliphatic rings. The molecular formula is C76H143NO18. The summed E-state index contributed by atoms with van der Waals surface area (Å²) in [6.45, 7) is 1.84. The van der Waals surface area contributed by atoms with Gasteiger partial charge >= 0.3 is 0 Å². The molecule has 3 rings (SSSR count). The minimum atomic E-state index is -1.97. The van der Waals surface area contributed by atoms with E-state index in [0.29, 0.717) is 12.8 Å². The predicted molar refractivity (Wildman–Crippen MR) is 374 cm³/mol. The fourth-order valence-electron chi connectivity index (χ4n) is 13.5. The van der Waals surface area contributed by atoms with E-state index < -0.39 is 124 Å². The van der Waals surface area contributed by atoms with Gasteiger partial charge in [-0.25, -0.2) is 0 Å². The molecule has 0 aromatic heterocycles. The van der Waals surface area contributed by atoms with E-state index in [0.717, 1.165) is 51.4 Å². The summed E-state index contributed by atoms with van der Waals surface area (Å²) in [7, 11) is 0. The Morgan fingerprint density at radius 1 is 0.379 bits per heavy atom. The number of hydrogen-bond acceptors (Lipinski definition) is 18. The van der Waals surface area contributed by atoms with Crippen molar-refractivity contribution in [2.75, 3.05) is 26.4 Å². The lowest BCUT2D eigenvalue weighted by molar-refractivity contribution is -0.379. The van der Waals surface area contributed by atoms with Gasteiger partial charge in [-0.15, -0.1) is 0 Å². The molecule has 560 valence electrons. The zero-order valence-electron chi connectivity index (χ0n) is 59.7. The van der Waals surface area contributed by atoms with Crippen LogP contribution in [0.15, 0.2) is 24.3 Å². The van der Waals surface area contributed by atoms with E-state index in [1.54, 1.807) is 0 Å². The Bertz CT molecular complexity index is 1810. The summed E-state index contributed by atoms with van der Waals surface area (Å²) in [5.74, 6) is -0.237. The average Bonchev–Trinajstić information content (AvgIpc) is 0.786. The van der Waals surface area contributed by atoms with Crippen LogP contribution in [-0.4, -0.2) is 193 Å². The molecule has 3 saturated heterocycles. The number of carbonyl (C=O) groups is 1. The van der Waals surface area contributed by atoms with Crippen LogP contribution in [0.3, 0.4) is 0 Å². The summed E-state index contributed by atoms with van der Waals surface area (Å²) in [5.41, 5.74) is 0. The van der Waals surface area contributed by atoms with Crippen LogP contribution in [0, 0.1) is 0 Å². The number of amides is 1. The first-order valence-electron chi connectivity index (χ1n) is 39.1. The summed E-state index contributed by atoms with van der Waals surface area (Å²) < 4.78 is 34.5. The van der Waals surface area contributed by atoms with Crippen LogP contribution < -0.4 is 5.32 Å². The van der Waals surface area contributed by atoms with E-state index in [1.807, 2.05) is 0 Å². The maximum atomic E-state index is 13.5. The molecule has 0 radical (unpaired) electrons. The van der Waals surface area contributed by atoms with Crippen molar-refractivity contribution in [3.8, 4) is 0 Å². The number of aliphatic hydroxyl groups is 11. The van der Waals surface area contributed by atoms with Crippen LogP contribution in [0.5, 0.6) is 0 Å². The van der Waals surface area contributed by atoms with Crippen molar-refractivity contribution in [2.45, 2.75) is 426 Å². The maximum Gasteiger partial charge on any atom is 0.220 e. The predicted octanol–water partition coefficient (Wildman–Crippen LogP) is 12.2. The number of nitrogens with one attached hydrogen (secondary N) is 1. The highest BCUT2D eigenvalue weighted by molar-refractivity contribution is 5.76. The summed E-state index contributed by atoms with van der Waals surface area (Å²) in [4.78, 5) is 13.5. The Morgan fingerprint density at radius 3 is 1.07 bits per heavy atom. The quantitative estimate of drug-likeness (QED) is 0.0199.